The molecular formula is C17H31NO3. The predicted octanol–water partition coefficient (Wildman–Crippen LogP) is 2.50. The molecule has 0 aromatic carbocycles. The van der Waals surface area contributed by atoms with Crippen molar-refractivity contribution >= 4 is 5.91 Å². The number of hydrogen-bond donors (Lipinski definition) is 2. The summed E-state index contributed by atoms with van der Waals surface area (Å²) in [6, 6.07) is 0. The molecule has 2 atom stereocenters. The number of ether oxygens (including phenoxy) is 1. The van der Waals surface area contributed by atoms with Crippen LogP contribution in [0.2, 0.25) is 0 Å². The predicted molar refractivity (Wildman–Crippen MR) is 82.9 cm³/mol. The van der Waals surface area contributed by atoms with Crippen LogP contribution in [-0.2, 0) is 9.53 Å². The fraction of sp³-hybridized carbons (Fsp3) is 0.941. The maximum absolute atomic E-state index is 12.0. The first kappa shape index (κ1) is 16.8. The van der Waals surface area contributed by atoms with Crippen molar-refractivity contribution in [3.8, 4) is 0 Å². The van der Waals surface area contributed by atoms with Crippen LogP contribution < -0.4 is 5.32 Å². The van der Waals surface area contributed by atoms with E-state index in [1.54, 1.807) is 0 Å². The van der Waals surface area contributed by atoms with Crippen LogP contribution in [0, 0.1) is 17.3 Å². The van der Waals surface area contributed by atoms with Crippen molar-refractivity contribution < 1.29 is 14.6 Å². The molecule has 0 bridgehead atoms. The smallest absolute Gasteiger partial charge is 0.220 e. The first-order valence-corrected chi connectivity index (χ1v) is 8.47. The highest BCUT2D eigenvalue weighted by molar-refractivity contribution is 5.76. The quantitative estimate of drug-likeness (QED) is 0.723. The Labute approximate surface area is 128 Å². The second-order valence-corrected chi connectivity index (χ2v) is 7.77. The van der Waals surface area contributed by atoms with Gasteiger partial charge in [0, 0.05) is 19.6 Å². The van der Waals surface area contributed by atoms with Crippen molar-refractivity contribution in [1.82, 2.24) is 5.32 Å². The van der Waals surface area contributed by atoms with Crippen LogP contribution in [0.5, 0.6) is 0 Å². The third-order valence-electron chi connectivity index (χ3n) is 4.68. The van der Waals surface area contributed by atoms with E-state index >= 15 is 0 Å². The summed E-state index contributed by atoms with van der Waals surface area (Å²) in [5.74, 6) is 1.28. The number of carbonyl (C=O) groups excluding carboxylic acids is 1. The van der Waals surface area contributed by atoms with Crippen molar-refractivity contribution in [2.45, 2.75) is 64.9 Å². The standard InChI is InChI=1S/C17H31NO3/c1-17(2)7-3-4-14(9-17)8-16(20)18-10-15(19)12-21-11-13-5-6-13/h13-15,19H,3-12H2,1-2H3,(H,18,20). The molecule has 0 spiro atoms. The summed E-state index contributed by atoms with van der Waals surface area (Å²) in [6.45, 7) is 5.96. The molecule has 0 aliphatic heterocycles. The number of aliphatic hydroxyl groups is 1. The van der Waals surface area contributed by atoms with Crippen molar-refractivity contribution in [1.29, 1.82) is 0 Å². The van der Waals surface area contributed by atoms with Gasteiger partial charge in [-0.05, 0) is 49.4 Å². The molecule has 2 rings (SSSR count). The minimum absolute atomic E-state index is 0.0685. The topological polar surface area (TPSA) is 58.6 Å². The lowest BCUT2D eigenvalue weighted by Crippen LogP contribution is -2.36. The lowest BCUT2D eigenvalue weighted by Gasteiger charge is -2.35. The summed E-state index contributed by atoms with van der Waals surface area (Å²) in [7, 11) is 0. The summed E-state index contributed by atoms with van der Waals surface area (Å²) in [6.07, 6.45) is 7.30. The number of rotatable bonds is 8. The Morgan fingerprint density at radius 1 is 1.33 bits per heavy atom. The van der Waals surface area contributed by atoms with Gasteiger partial charge >= 0.3 is 0 Å². The first-order chi connectivity index (χ1) is 9.94. The van der Waals surface area contributed by atoms with Crippen molar-refractivity contribution in [3.63, 3.8) is 0 Å². The molecule has 4 nitrogen and oxygen atoms in total. The summed E-state index contributed by atoms with van der Waals surface area (Å²) < 4.78 is 5.43. The van der Waals surface area contributed by atoms with E-state index in [9.17, 15) is 9.90 Å². The molecule has 0 aromatic rings. The van der Waals surface area contributed by atoms with Gasteiger partial charge in [-0.25, -0.2) is 0 Å². The largest absolute Gasteiger partial charge is 0.389 e. The summed E-state index contributed by atoms with van der Waals surface area (Å²) in [5, 5.41) is 12.6. The van der Waals surface area contributed by atoms with Gasteiger partial charge < -0.3 is 15.2 Å². The number of nitrogens with one attached hydrogen (secondary N) is 1. The van der Waals surface area contributed by atoms with E-state index in [0.717, 1.165) is 19.4 Å². The maximum Gasteiger partial charge on any atom is 0.220 e. The molecule has 2 fully saturated rings. The van der Waals surface area contributed by atoms with Crippen LogP contribution >= 0.6 is 0 Å². The number of hydrogen-bond acceptors (Lipinski definition) is 3. The summed E-state index contributed by atoms with van der Waals surface area (Å²) >= 11 is 0. The molecule has 122 valence electrons. The van der Waals surface area contributed by atoms with E-state index in [0.29, 0.717) is 36.8 Å². The number of amides is 1. The molecule has 2 aliphatic rings. The van der Waals surface area contributed by atoms with E-state index in [1.807, 2.05) is 0 Å². The zero-order chi connectivity index (χ0) is 15.3. The van der Waals surface area contributed by atoms with Crippen LogP contribution in [0.25, 0.3) is 0 Å². The molecule has 1 amide bonds. The average Bonchev–Trinajstić information content (AvgIpc) is 3.19. The number of aliphatic hydroxyl groups excluding tert-OH is 1. The van der Waals surface area contributed by atoms with Gasteiger partial charge in [-0.1, -0.05) is 20.3 Å². The highest BCUT2D eigenvalue weighted by Gasteiger charge is 2.29. The third kappa shape index (κ3) is 6.79. The highest BCUT2D eigenvalue weighted by atomic mass is 16.5. The van der Waals surface area contributed by atoms with Gasteiger partial charge in [-0.3, -0.25) is 4.79 Å². The van der Waals surface area contributed by atoms with Gasteiger partial charge in [-0.2, -0.15) is 0 Å². The Hall–Kier alpha value is -0.610. The fourth-order valence-corrected chi connectivity index (χ4v) is 3.31. The van der Waals surface area contributed by atoms with Crippen molar-refractivity contribution in [3.05, 3.63) is 0 Å². The van der Waals surface area contributed by atoms with E-state index < -0.39 is 6.10 Å². The molecule has 0 saturated heterocycles. The maximum atomic E-state index is 12.0. The van der Waals surface area contributed by atoms with Gasteiger partial charge in [0.25, 0.3) is 0 Å². The Bertz CT molecular complexity index is 339. The highest BCUT2D eigenvalue weighted by Crippen LogP contribution is 2.39. The van der Waals surface area contributed by atoms with Gasteiger partial charge in [0.15, 0.2) is 0 Å². The van der Waals surface area contributed by atoms with Gasteiger partial charge in [-0.15, -0.1) is 0 Å². The van der Waals surface area contributed by atoms with Crippen LogP contribution in [0.3, 0.4) is 0 Å². The Balaban J connectivity index is 1.55. The normalized spacial score (nSPS) is 26.3. The molecule has 0 radical (unpaired) electrons. The van der Waals surface area contributed by atoms with E-state index in [2.05, 4.69) is 19.2 Å². The Kier molecular flexibility index (Phi) is 6.06. The van der Waals surface area contributed by atoms with Crippen LogP contribution in [0.4, 0.5) is 0 Å². The molecular weight excluding hydrogens is 266 g/mol. The van der Waals surface area contributed by atoms with Crippen molar-refractivity contribution in [2.75, 3.05) is 19.8 Å². The van der Waals surface area contributed by atoms with Crippen LogP contribution in [-0.4, -0.2) is 36.9 Å². The van der Waals surface area contributed by atoms with Crippen LogP contribution in [0.15, 0.2) is 0 Å². The molecule has 2 N–H and O–H groups in total. The first-order valence-electron chi connectivity index (χ1n) is 8.47. The van der Waals surface area contributed by atoms with E-state index in [1.165, 1.54) is 25.7 Å². The van der Waals surface area contributed by atoms with Gasteiger partial charge in [0.05, 0.1) is 12.7 Å². The lowest BCUT2D eigenvalue weighted by molar-refractivity contribution is -0.123. The molecule has 21 heavy (non-hydrogen) atoms. The molecule has 2 unspecified atom stereocenters. The molecule has 0 aromatic heterocycles. The second kappa shape index (κ2) is 7.59. The summed E-state index contributed by atoms with van der Waals surface area (Å²) in [5.41, 5.74) is 0.374. The van der Waals surface area contributed by atoms with E-state index in [4.69, 9.17) is 4.74 Å². The lowest BCUT2D eigenvalue weighted by atomic mass is 9.71. The van der Waals surface area contributed by atoms with E-state index in [-0.39, 0.29) is 5.91 Å². The Morgan fingerprint density at radius 3 is 2.76 bits per heavy atom. The van der Waals surface area contributed by atoms with Gasteiger partial charge in [0.2, 0.25) is 5.91 Å². The minimum atomic E-state index is -0.588. The zero-order valence-corrected chi connectivity index (χ0v) is 13.6. The van der Waals surface area contributed by atoms with Crippen LogP contribution in [0.1, 0.15) is 58.8 Å². The molecule has 0 heterocycles. The minimum Gasteiger partial charge on any atom is -0.389 e. The summed E-state index contributed by atoms with van der Waals surface area (Å²) in [4.78, 5) is 12.0. The molecule has 2 saturated carbocycles. The third-order valence-corrected chi connectivity index (χ3v) is 4.68. The second-order valence-electron chi connectivity index (χ2n) is 7.77. The Morgan fingerprint density at radius 2 is 2.10 bits per heavy atom. The zero-order valence-electron chi connectivity index (χ0n) is 13.6. The molecule has 4 heteroatoms. The monoisotopic (exact) mass is 297 g/mol. The average molecular weight is 297 g/mol. The van der Waals surface area contributed by atoms with Crippen molar-refractivity contribution in [2.24, 2.45) is 17.3 Å². The van der Waals surface area contributed by atoms with Gasteiger partial charge in [0.1, 0.15) is 0 Å². The number of carbonyl (C=O) groups is 1. The SMILES string of the molecule is CC1(C)CCCC(CC(=O)NCC(O)COCC2CC2)C1. The molecule has 2 aliphatic carbocycles. The fourth-order valence-electron chi connectivity index (χ4n) is 3.31.